The molecule has 52 heavy (non-hydrogen) atoms. The summed E-state index contributed by atoms with van der Waals surface area (Å²) in [6.07, 6.45) is 15.6. The third-order valence-corrected chi connectivity index (χ3v) is 11.0. The van der Waals surface area contributed by atoms with Gasteiger partial charge >= 0.3 is 0 Å². The summed E-state index contributed by atoms with van der Waals surface area (Å²) in [5.74, 6) is 0. The van der Waals surface area contributed by atoms with E-state index >= 15 is 0 Å². The second-order valence-electron chi connectivity index (χ2n) is 14.4. The molecule has 0 unspecified atom stereocenters. The summed E-state index contributed by atoms with van der Waals surface area (Å²) in [6.45, 7) is 18.1. The molecule has 7 heterocycles. The van der Waals surface area contributed by atoms with E-state index in [1.165, 1.54) is 50.1 Å². The van der Waals surface area contributed by atoms with E-state index < -0.39 is 0 Å². The molecule has 0 saturated carbocycles. The Kier molecular flexibility index (Phi) is 10.1. The van der Waals surface area contributed by atoms with Gasteiger partial charge in [0.1, 0.15) is 0 Å². The number of pyridine rings is 2. The van der Waals surface area contributed by atoms with Crippen LogP contribution in [-0.2, 0) is 12.8 Å². The van der Waals surface area contributed by atoms with Crippen LogP contribution < -0.4 is 0 Å². The first kappa shape index (κ1) is 35.3. The SMILES string of the molecule is CCCC1=C(C)c2nc1cc1[nH]c(c(C)c1CCC)c(-c1ccncc1)c1[nH]c(cc3nc(c2-c2ccncc2)C(C)=C3CCC)c(CCC)c1C. The van der Waals surface area contributed by atoms with E-state index in [-0.39, 0.29) is 0 Å². The Balaban J connectivity index is 1.77. The monoisotopic (exact) mass is 688 g/mol. The van der Waals surface area contributed by atoms with Gasteiger partial charge in [-0.25, -0.2) is 9.97 Å². The van der Waals surface area contributed by atoms with Crippen molar-refractivity contribution in [1.29, 1.82) is 0 Å². The van der Waals surface area contributed by atoms with Gasteiger partial charge in [0.15, 0.2) is 0 Å². The number of H-pyrrole nitrogens is 2. The molecule has 0 aliphatic carbocycles. The number of aromatic amines is 2. The maximum Gasteiger partial charge on any atom is 0.0769 e. The molecule has 5 aromatic heterocycles. The predicted octanol–water partition coefficient (Wildman–Crippen LogP) is 12.4. The van der Waals surface area contributed by atoms with Gasteiger partial charge in [-0.3, -0.25) is 9.97 Å². The molecule has 2 aliphatic heterocycles. The first-order valence-electron chi connectivity index (χ1n) is 19.3. The van der Waals surface area contributed by atoms with E-state index in [0.29, 0.717) is 0 Å². The van der Waals surface area contributed by atoms with E-state index in [0.717, 1.165) is 113 Å². The first-order valence-corrected chi connectivity index (χ1v) is 19.3. The number of allylic oxidation sites excluding steroid dienone is 4. The van der Waals surface area contributed by atoms with Gasteiger partial charge in [-0.1, -0.05) is 53.4 Å². The molecule has 266 valence electrons. The number of rotatable bonds is 10. The van der Waals surface area contributed by atoms with E-state index in [1.807, 2.05) is 24.8 Å². The van der Waals surface area contributed by atoms with Crippen molar-refractivity contribution in [1.82, 2.24) is 29.9 Å². The number of hydrogen-bond acceptors (Lipinski definition) is 4. The smallest absolute Gasteiger partial charge is 0.0769 e. The highest BCUT2D eigenvalue weighted by molar-refractivity contribution is 6.03. The van der Waals surface area contributed by atoms with Gasteiger partial charge < -0.3 is 9.97 Å². The Hall–Kier alpha value is -5.10. The molecule has 0 aromatic carbocycles. The highest BCUT2D eigenvalue weighted by atomic mass is 14.8. The molecule has 2 aliphatic rings. The zero-order valence-electron chi connectivity index (χ0n) is 32.2. The number of aromatic nitrogens is 6. The molecular formula is C46H52N6. The molecule has 7 rings (SSSR count). The first-order chi connectivity index (χ1) is 25.3. The van der Waals surface area contributed by atoms with Gasteiger partial charge in [0.2, 0.25) is 0 Å². The van der Waals surface area contributed by atoms with Crippen LogP contribution in [0.5, 0.6) is 0 Å². The Labute approximate surface area is 308 Å². The van der Waals surface area contributed by atoms with Gasteiger partial charge in [0.05, 0.1) is 33.8 Å². The third kappa shape index (κ3) is 6.12. The van der Waals surface area contributed by atoms with Crippen LogP contribution in [0.1, 0.15) is 125 Å². The summed E-state index contributed by atoms with van der Waals surface area (Å²) in [7, 11) is 0. The minimum absolute atomic E-state index is 0.955. The van der Waals surface area contributed by atoms with Crippen LogP contribution in [-0.4, -0.2) is 29.9 Å². The zero-order valence-corrected chi connectivity index (χ0v) is 32.2. The molecule has 8 bridgehead atoms. The molecule has 0 saturated heterocycles. The summed E-state index contributed by atoms with van der Waals surface area (Å²) in [6, 6.07) is 13.1. The van der Waals surface area contributed by atoms with Crippen LogP contribution in [0.15, 0.2) is 61.2 Å². The number of nitrogens with one attached hydrogen (secondary N) is 2. The fourth-order valence-electron chi connectivity index (χ4n) is 8.38. The lowest BCUT2D eigenvalue weighted by Crippen LogP contribution is -1.93. The van der Waals surface area contributed by atoms with Crippen molar-refractivity contribution in [3.63, 3.8) is 0 Å². The molecule has 0 atom stereocenters. The molecule has 2 N–H and O–H groups in total. The fraction of sp³-hybridized carbons (Fsp3) is 0.348. The van der Waals surface area contributed by atoms with Gasteiger partial charge in [-0.2, -0.15) is 0 Å². The summed E-state index contributed by atoms with van der Waals surface area (Å²) < 4.78 is 0. The second kappa shape index (κ2) is 14.9. The zero-order chi connectivity index (χ0) is 36.5. The van der Waals surface area contributed by atoms with Crippen LogP contribution in [0, 0.1) is 13.8 Å². The van der Waals surface area contributed by atoms with E-state index in [9.17, 15) is 0 Å². The topological polar surface area (TPSA) is 83.1 Å². The number of hydrogen-bond donors (Lipinski definition) is 2. The second-order valence-corrected chi connectivity index (χ2v) is 14.4. The molecule has 0 fully saturated rings. The average Bonchev–Trinajstić information content (AvgIpc) is 3.82. The average molecular weight is 689 g/mol. The third-order valence-electron chi connectivity index (χ3n) is 11.0. The lowest BCUT2D eigenvalue weighted by Gasteiger charge is -2.10. The molecule has 6 heteroatoms. The van der Waals surface area contributed by atoms with Crippen LogP contribution >= 0.6 is 0 Å². The Morgan fingerprint density at radius 2 is 0.885 bits per heavy atom. The summed E-state index contributed by atoms with van der Waals surface area (Å²) in [5.41, 5.74) is 23.5. The van der Waals surface area contributed by atoms with Crippen molar-refractivity contribution >= 4 is 44.4 Å². The maximum atomic E-state index is 5.57. The van der Waals surface area contributed by atoms with Gasteiger partial charge in [-0.05, 0) is 145 Å². The highest BCUT2D eigenvalue weighted by Crippen LogP contribution is 2.44. The number of nitrogens with zero attached hydrogens (tertiary/aromatic N) is 4. The quantitative estimate of drug-likeness (QED) is 0.153. The van der Waals surface area contributed by atoms with Crippen molar-refractivity contribution < 1.29 is 0 Å². The standard InChI is InChI=1S/C46H52N6/c1-9-13-33-27(5)43-41(31-17-21-47-22-18-31)44-29(7)35(15-11-3)39(51-44)26-40-36(16-12-4)30(8)46(52-40)42(32-19-23-48-24-20-32)45-28(6)34(14-10-2)38(50-45)25-37(33)49-43/h17-26,49,51H,9-16H2,1-8H3. The molecule has 0 radical (unpaired) electrons. The van der Waals surface area contributed by atoms with E-state index in [4.69, 9.17) is 9.97 Å². The van der Waals surface area contributed by atoms with Crippen molar-refractivity contribution in [2.24, 2.45) is 0 Å². The minimum atomic E-state index is 0.955. The molecular weight excluding hydrogens is 637 g/mol. The summed E-state index contributed by atoms with van der Waals surface area (Å²) in [4.78, 5) is 27.9. The van der Waals surface area contributed by atoms with Gasteiger partial charge in [-0.15, -0.1) is 0 Å². The lowest BCUT2D eigenvalue weighted by atomic mass is 9.93. The fourth-order valence-corrected chi connectivity index (χ4v) is 8.38. The van der Waals surface area contributed by atoms with Crippen LogP contribution in [0.4, 0.5) is 0 Å². The maximum absolute atomic E-state index is 5.57. The Morgan fingerprint density at radius 1 is 0.500 bits per heavy atom. The molecule has 0 spiro atoms. The van der Waals surface area contributed by atoms with Crippen LogP contribution in [0.2, 0.25) is 0 Å². The van der Waals surface area contributed by atoms with Gasteiger partial charge in [0, 0.05) is 46.9 Å². The van der Waals surface area contributed by atoms with Crippen molar-refractivity contribution in [3.05, 3.63) is 106 Å². The highest BCUT2D eigenvalue weighted by Gasteiger charge is 2.27. The largest absolute Gasteiger partial charge is 0.354 e. The normalized spacial score (nSPS) is 13.1. The summed E-state index contributed by atoms with van der Waals surface area (Å²) in [5, 5.41) is 0. The van der Waals surface area contributed by atoms with Crippen molar-refractivity contribution in [2.45, 2.75) is 107 Å². The summed E-state index contributed by atoms with van der Waals surface area (Å²) >= 11 is 0. The van der Waals surface area contributed by atoms with E-state index in [1.54, 1.807) is 0 Å². The number of aryl methyl sites for hydroxylation is 4. The van der Waals surface area contributed by atoms with Crippen molar-refractivity contribution in [2.75, 3.05) is 0 Å². The van der Waals surface area contributed by atoms with Crippen molar-refractivity contribution in [3.8, 4) is 22.3 Å². The van der Waals surface area contributed by atoms with Crippen LogP contribution in [0.3, 0.4) is 0 Å². The van der Waals surface area contributed by atoms with E-state index in [2.05, 4.69) is 112 Å². The molecule has 5 aromatic rings. The number of fused-ring (bicyclic) bond motifs is 8. The lowest BCUT2D eigenvalue weighted by molar-refractivity contribution is 0.924. The Morgan fingerprint density at radius 3 is 1.27 bits per heavy atom. The predicted molar refractivity (Wildman–Crippen MR) is 220 cm³/mol. The van der Waals surface area contributed by atoms with Crippen LogP contribution in [0.25, 0.3) is 66.6 Å². The van der Waals surface area contributed by atoms with Gasteiger partial charge in [0.25, 0.3) is 0 Å². The minimum Gasteiger partial charge on any atom is -0.354 e. The Bertz CT molecular complexity index is 2240. The molecule has 0 amide bonds. The molecule has 6 nitrogen and oxygen atoms in total.